The van der Waals surface area contributed by atoms with Gasteiger partial charge in [-0.1, -0.05) is 20.8 Å². The summed E-state index contributed by atoms with van der Waals surface area (Å²) in [6.07, 6.45) is 2.17. The van der Waals surface area contributed by atoms with E-state index in [0.29, 0.717) is 24.5 Å². The Morgan fingerprint density at radius 2 is 2.05 bits per heavy atom. The lowest BCUT2D eigenvalue weighted by Gasteiger charge is -2.12. The van der Waals surface area contributed by atoms with Gasteiger partial charge in [0.15, 0.2) is 0 Å². The fourth-order valence-electron chi connectivity index (χ4n) is 1.98. The summed E-state index contributed by atoms with van der Waals surface area (Å²) < 4.78 is 27.6. The summed E-state index contributed by atoms with van der Waals surface area (Å²) in [6.45, 7) is 8.80. The van der Waals surface area contributed by atoms with Crippen LogP contribution in [0.5, 0.6) is 0 Å². The average Bonchev–Trinajstić information content (AvgIpc) is 2.96. The van der Waals surface area contributed by atoms with E-state index in [1.54, 1.807) is 6.92 Å². The third kappa shape index (κ3) is 3.59. The van der Waals surface area contributed by atoms with Crippen LogP contribution in [0.25, 0.3) is 0 Å². The smallest absolute Gasteiger partial charge is 0.244 e. The first-order valence-corrected chi connectivity index (χ1v) is 8.49. The minimum atomic E-state index is -3.50. The summed E-state index contributed by atoms with van der Waals surface area (Å²) in [5.74, 6) is 0. The first-order valence-electron chi connectivity index (χ1n) is 7.00. The predicted octanol–water partition coefficient (Wildman–Crippen LogP) is 1.29. The minimum absolute atomic E-state index is 0.140. The van der Waals surface area contributed by atoms with Crippen LogP contribution in [-0.2, 0) is 16.6 Å². The third-order valence-electron chi connectivity index (χ3n) is 3.70. The third-order valence-corrected chi connectivity index (χ3v) is 5.30. The van der Waals surface area contributed by atoms with E-state index in [0.717, 1.165) is 12.8 Å². The summed E-state index contributed by atoms with van der Waals surface area (Å²) in [7, 11) is -3.50. The van der Waals surface area contributed by atoms with Crippen molar-refractivity contribution in [3.8, 4) is 0 Å². The molecule has 7 heteroatoms. The molecule has 0 atom stereocenters. The second-order valence-electron chi connectivity index (χ2n) is 6.30. The Morgan fingerprint density at radius 1 is 1.40 bits per heavy atom. The van der Waals surface area contributed by atoms with E-state index in [9.17, 15) is 8.42 Å². The first kappa shape index (κ1) is 15.5. The van der Waals surface area contributed by atoms with Crippen LogP contribution in [0.4, 0.5) is 0 Å². The number of rotatable bonds is 7. The number of nitrogens with one attached hydrogen (secondary N) is 3. The van der Waals surface area contributed by atoms with Gasteiger partial charge in [-0.05, 0) is 25.2 Å². The number of aromatic amines is 1. The van der Waals surface area contributed by atoms with Gasteiger partial charge >= 0.3 is 0 Å². The van der Waals surface area contributed by atoms with Crippen LogP contribution in [0.3, 0.4) is 0 Å². The van der Waals surface area contributed by atoms with Gasteiger partial charge in [0.2, 0.25) is 10.0 Å². The molecular formula is C13H24N4O2S. The van der Waals surface area contributed by atoms with Crippen molar-refractivity contribution < 1.29 is 8.42 Å². The maximum Gasteiger partial charge on any atom is 0.244 e. The van der Waals surface area contributed by atoms with Crippen LogP contribution < -0.4 is 10.0 Å². The molecule has 0 bridgehead atoms. The molecule has 2 rings (SSSR count). The highest BCUT2D eigenvalue weighted by molar-refractivity contribution is 7.89. The van der Waals surface area contributed by atoms with Gasteiger partial charge in [-0.3, -0.25) is 5.10 Å². The number of aromatic nitrogens is 2. The molecule has 1 aliphatic carbocycles. The SMILES string of the molecule is Cc1[nH]nc(CNC(C)C)c1S(=O)(=O)NCC1(C)CC1. The average molecular weight is 300 g/mol. The lowest BCUT2D eigenvalue weighted by molar-refractivity contribution is 0.527. The molecule has 0 saturated heterocycles. The van der Waals surface area contributed by atoms with Gasteiger partial charge in [-0.2, -0.15) is 5.10 Å². The Kier molecular flexibility index (Phi) is 4.22. The maximum absolute atomic E-state index is 12.5. The summed E-state index contributed by atoms with van der Waals surface area (Å²) in [5, 5.41) is 10.1. The molecule has 0 spiro atoms. The molecule has 1 aromatic heterocycles. The molecule has 1 saturated carbocycles. The van der Waals surface area contributed by atoms with E-state index in [1.165, 1.54) is 0 Å². The van der Waals surface area contributed by atoms with Crippen molar-refractivity contribution in [2.45, 2.75) is 58.0 Å². The molecule has 3 N–H and O–H groups in total. The maximum atomic E-state index is 12.5. The summed E-state index contributed by atoms with van der Waals surface area (Å²) >= 11 is 0. The molecule has 0 amide bonds. The monoisotopic (exact) mass is 300 g/mol. The summed E-state index contributed by atoms with van der Waals surface area (Å²) in [5.41, 5.74) is 1.27. The van der Waals surface area contributed by atoms with E-state index < -0.39 is 10.0 Å². The van der Waals surface area contributed by atoms with Crippen molar-refractivity contribution in [1.82, 2.24) is 20.2 Å². The number of hydrogen-bond donors (Lipinski definition) is 3. The number of aryl methyl sites for hydroxylation is 1. The van der Waals surface area contributed by atoms with E-state index in [4.69, 9.17) is 0 Å². The van der Waals surface area contributed by atoms with Crippen LogP contribution in [0, 0.1) is 12.3 Å². The van der Waals surface area contributed by atoms with Crippen molar-refractivity contribution in [3.63, 3.8) is 0 Å². The molecule has 1 fully saturated rings. The topological polar surface area (TPSA) is 86.9 Å². The Balaban J connectivity index is 2.14. The van der Waals surface area contributed by atoms with Crippen molar-refractivity contribution in [2.75, 3.05) is 6.54 Å². The molecule has 0 unspecified atom stereocenters. The molecule has 0 aliphatic heterocycles. The number of H-pyrrole nitrogens is 1. The molecule has 1 heterocycles. The normalized spacial score (nSPS) is 17.6. The Hall–Kier alpha value is -0.920. The van der Waals surface area contributed by atoms with E-state index in [-0.39, 0.29) is 16.4 Å². The van der Waals surface area contributed by atoms with Gasteiger partial charge in [0, 0.05) is 19.1 Å². The lowest BCUT2D eigenvalue weighted by atomic mass is 10.2. The van der Waals surface area contributed by atoms with E-state index in [2.05, 4.69) is 27.2 Å². The van der Waals surface area contributed by atoms with Gasteiger partial charge in [0.1, 0.15) is 4.90 Å². The van der Waals surface area contributed by atoms with Gasteiger partial charge in [-0.25, -0.2) is 13.1 Å². The fourth-order valence-corrected chi connectivity index (χ4v) is 3.54. The molecule has 114 valence electrons. The number of sulfonamides is 1. The van der Waals surface area contributed by atoms with Crippen molar-refractivity contribution in [2.24, 2.45) is 5.41 Å². The molecule has 0 aromatic carbocycles. The van der Waals surface area contributed by atoms with Crippen LogP contribution in [0.15, 0.2) is 4.90 Å². The first-order chi connectivity index (χ1) is 9.23. The van der Waals surface area contributed by atoms with Crippen molar-refractivity contribution >= 4 is 10.0 Å². The fraction of sp³-hybridized carbons (Fsp3) is 0.769. The van der Waals surface area contributed by atoms with Crippen molar-refractivity contribution in [3.05, 3.63) is 11.4 Å². The molecule has 1 aliphatic rings. The summed E-state index contributed by atoms with van der Waals surface area (Å²) in [6, 6.07) is 0.279. The minimum Gasteiger partial charge on any atom is -0.309 e. The van der Waals surface area contributed by atoms with E-state index in [1.807, 2.05) is 13.8 Å². The number of hydrogen-bond acceptors (Lipinski definition) is 4. The van der Waals surface area contributed by atoms with Crippen LogP contribution in [-0.4, -0.2) is 31.2 Å². The zero-order valence-corrected chi connectivity index (χ0v) is 13.4. The van der Waals surface area contributed by atoms with Gasteiger partial charge in [0.25, 0.3) is 0 Å². The van der Waals surface area contributed by atoms with Gasteiger partial charge in [-0.15, -0.1) is 0 Å². The number of nitrogens with zero attached hydrogens (tertiary/aromatic N) is 1. The van der Waals surface area contributed by atoms with E-state index >= 15 is 0 Å². The van der Waals surface area contributed by atoms with Crippen LogP contribution in [0.2, 0.25) is 0 Å². The Morgan fingerprint density at radius 3 is 2.60 bits per heavy atom. The van der Waals surface area contributed by atoms with Crippen LogP contribution in [0.1, 0.15) is 45.0 Å². The summed E-state index contributed by atoms with van der Waals surface area (Å²) in [4.78, 5) is 0.287. The zero-order chi connectivity index (χ0) is 15.0. The molecule has 1 aromatic rings. The molecule has 6 nitrogen and oxygen atoms in total. The Bertz CT molecular complexity index is 573. The highest BCUT2D eigenvalue weighted by Gasteiger charge is 2.38. The second kappa shape index (κ2) is 5.46. The second-order valence-corrected chi connectivity index (χ2v) is 8.00. The highest BCUT2D eigenvalue weighted by atomic mass is 32.2. The molecular weight excluding hydrogens is 276 g/mol. The Labute approximate surface area is 120 Å². The van der Waals surface area contributed by atoms with Crippen LogP contribution >= 0.6 is 0 Å². The van der Waals surface area contributed by atoms with Gasteiger partial charge in [0.05, 0.1) is 11.4 Å². The van der Waals surface area contributed by atoms with Crippen molar-refractivity contribution in [1.29, 1.82) is 0 Å². The predicted molar refractivity (Wildman–Crippen MR) is 77.8 cm³/mol. The molecule has 0 radical (unpaired) electrons. The zero-order valence-electron chi connectivity index (χ0n) is 12.6. The van der Waals surface area contributed by atoms with Gasteiger partial charge < -0.3 is 5.32 Å². The quantitative estimate of drug-likeness (QED) is 0.708. The highest BCUT2D eigenvalue weighted by Crippen LogP contribution is 2.44. The standard InChI is InChI=1S/C13H24N4O2S/c1-9(2)14-7-11-12(10(3)16-17-11)20(18,19)15-8-13(4)5-6-13/h9,14-15H,5-8H2,1-4H3,(H,16,17). The molecule has 20 heavy (non-hydrogen) atoms. The lowest BCUT2D eigenvalue weighted by Crippen LogP contribution is -2.31. The largest absolute Gasteiger partial charge is 0.309 e.